The Balaban J connectivity index is 2.25. The predicted octanol–water partition coefficient (Wildman–Crippen LogP) is 2.10. The summed E-state index contributed by atoms with van der Waals surface area (Å²) in [5.74, 6) is -2.23. The van der Waals surface area contributed by atoms with E-state index < -0.39 is 17.5 Å². The fourth-order valence-corrected chi connectivity index (χ4v) is 1.43. The van der Waals surface area contributed by atoms with Crippen LogP contribution < -0.4 is 5.32 Å². The van der Waals surface area contributed by atoms with E-state index in [1.807, 2.05) is 0 Å². The number of anilines is 1. The third-order valence-electron chi connectivity index (χ3n) is 1.89. The highest BCUT2D eigenvalue weighted by Crippen LogP contribution is 2.23. The molecule has 88 valence electrons. The molecule has 17 heavy (non-hydrogen) atoms. The van der Waals surface area contributed by atoms with Crippen molar-refractivity contribution in [1.82, 2.24) is 15.2 Å². The zero-order valence-corrected chi connectivity index (χ0v) is 9.75. The second kappa shape index (κ2) is 4.58. The van der Waals surface area contributed by atoms with Crippen molar-refractivity contribution in [3.05, 3.63) is 40.4 Å². The summed E-state index contributed by atoms with van der Waals surface area (Å²) in [6.07, 6.45) is 1.13. The smallest absolute Gasteiger partial charge is 0.293 e. The molecule has 0 radical (unpaired) electrons. The lowest BCUT2D eigenvalue weighted by atomic mass is 10.3. The van der Waals surface area contributed by atoms with Crippen LogP contribution in [-0.2, 0) is 0 Å². The maximum Gasteiger partial charge on any atom is 0.293 e. The lowest BCUT2D eigenvalue weighted by molar-refractivity contribution is 0.101. The zero-order valence-electron chi connectivity index (χ0n) is 8.17. The summed E-state index contributed by atoms with van der Waals surface area (Å²) in [6, 6.07) is 1.79. The van der Waals surface area contributed by atoms with Crippen LogP contribution in [0, 0.1) is 11.6 Å². The summed E-state index contributed by atoms with van der Waals surface area (Å²) in [4.78, 5) is 15.1. The number of amides is 1. The number of hydrogen-bond donors (Lipinski definition) is 2. The molecule has 2 rings (SSSR count). The van der Waals surface area contributed by atoms with E-state index in [1.165, 1.54) is 0 Å². The summed E-state index contributed by atoms with van der Waals surface area (Å²) in [5.41, 5.74) is -0.271. The maximum atomic E-state index is 13.4. The van der Waals surface area contributed by atoms with Gasteiger partial charge in [-0.1, -0.05) is 0 Å². The quantitative estimate of drug-likeness (QED) is 0.835. The Kier molecular flexibility index (Phi) is 3.14. The van der Waals surface area contributed by atoms with Gasteiger partial charge in [0.1, 0.15) is 18.0 Å². The largest absolute Gasteiger partial charge is 0.317 e. The molecule has 2 aromatic rings. The van der Waals surface area contributed by atoms with Crippen molar-refractivity contribution in [3.8, 4) is 0 Å². The average Bonchev–Trinajstić information content (AvgIpc) is 2.79. The van der Waals surface area contributed by atoms with Crippen molar-refractivity contribution in [1.29, 1.82) is 0 Å². The molecule has 0 saturated heterocycles. The van der Waals surface area contributed by atoms with Gasteiger partial charge in [-0.05, 0) is 22.0 Å². The molecule has 2 N–H and O–H groups in total. The van der Waals surface area contributed by atoms with Gasteiger partial charge in [-0.15, -0.1) is 0 Å². The number of aromatic nitrogens is 3. The fourth-order valence-electron chi connectivity index (χ4n) is 1.11. The van der Waals surface area contributed by atoms with Crippen LogP contribution in [0.25, 0.3) is 0 Å². The first-order valence-electron chi connectivity index (χ1n) is 4.39. The van der Waals surface area contributed by atoms with Gasteiger partial charge in [0.25, 0.3) is 5.91 Å². The highest BCUT2D eigenvalue weighted by atomic mass is 79.9. The second-order valence-electron chi connectivity index (χ2n) is 3.03. The summed E-state index contributed by atoms with van der Waals surface area (Å²) in [6.45, 7) is 0. The Morgan fingerprint density at radius 3 is 2.76 bits per heavy atom. The molecule has 0 unspecified atom stereocenters. The van der Waals surface area contributed by atoms with Crippen LogP contribution in [0.1, 0.15) is 10.6 Å². The molecule has 0 aliphatic rings. The Morgan fingerprint density at radius 2 is 2.12 bits per heavy atom. The van der Waals surface area contributed by atoms with Crippen molar-refractivity contribution in [3.63, 3.8) is 0 Å². The molecule has 0 fully saturated rings. The van der Waals surface area contributed by atoms with Crippen LogP contribution in [0.15, 0.2) is 22.9 Å². The molecule has 0 atom stereocenters. The normalized spacial score (nSPS) is 10.3. The van der Waals surface area contributed by atoms with Crippen LogP contribution in [-0.4, -0.2) is 21.1 Å². The van der Waals surface area contributed by atoms with E-state index >= 15 is 0 Å². The first-order valence-corrected chi connectivity index (χ1v) is 5.18. The first-order chi connectivity index (χ1) is 8.08. The van der Waals surface area contributed by atoms with Crippen LogP contribution in [0.4, 0.5) is 14.5 Å². The molecule has 1 amide bonds. The highest BCUT2D eigenvalue weighted by Gasteiger charge is 2.14. The number of H-pyrrole nitrogens is 1. The topological polar surface area (TPSA) is 70.7 Å². The SMILES string of the molecule is O=C(Nc1cc(F)c(Br)cc1F)c1ncn[nH]1. The summed E-state index contributed by atoms with van der Waals surface area (Å²) in [5, 5.41) is 7.94. The van der Waals surface area contributed by atoms with Gasteiger partial charge in [-0.25, -0.2) is 13.8 Å². The molecule has 5 nitrogen and oxygen atoms in total. The number of aromatic amines is 1. The van der Waals surface area contributed by atoms with Crippen molar-refractivity contribution in [2.45, 2.75) is 0 Å². The molecular formula is C9H5BrF2N4O. The van der Waals surface area contributed by atoms with E-state index in [4.69, 9.17) is 0 Å². The van der Waals surface area contributed by atoms with Crippen molar-refractivity contribution in [2.24, 2.45) is 0 Å². The van der Waals surface area contributed by atoms with E-state index in [0.29, 0.717) is 0 Å². The van der Waals surface area contributed by atoms with Gasteiger partial charge in [0, 0.05) is 6.07 Å². The summed E-state index contributed by atoms with van der Waals surface area (Å²) < 4.78 is 26.5. The average molecular weight is 303 g/mol. The minimum Gasteiger partial charge on any atom is -0.317 e. The molecule has 0 aliphatic heterocycles. The van der Waals surface area contributed by atoms with Gasteiger partial charge < -0.3 is 5.32 Å². The Morgan fingerprint density at radius 1 is 1.35 bits per heavy atom. The zero-order chi connectivity index (χ0) is 12.4. The lowest BCUT2D eigenvalue weighted by Gasteiger charge is -2.05. The molecule has 1 aromatic heterocycles. The minimum atomic E-state index is -0.758. The number of rotatable bonds is 2. The Hall–Kier alpha value is -1.83. The lowest BCUT2D eigenvalue weighted by Crippen LogP contribution is -2.15. The third-order valence-corrected chi connectivity index (χ3v) is 2.50. The van der Waals surface area contributed by atoms with Crippen LogP contribution in [0.5, 0.6) is 0 Å². The monoisotopic (exact) mass is 302 g/mol. The summed E-state index contributed by atoms with van der Waals surface area (Å²) >= 11 is 2.83. The van der Waals surface area contributed by atoms with Gasteiger partial charge in [0.15, 0.2) is 0 Å². The maximum absolute atomic E-state index is 13.4. The fraction of sp³-hybridized carbons (Fsp3) is 0. The van der Waals surface area contributed by atoms with E-state index in [1.54, 1.807) is 0 Å². The number of nitrogens with zero attached hydrogens (tertiary/aromatic N) is 2. The molecule has 0 aliphatic carbocycles. The van der Waals surface area contributed by atoms with Crippen LogP contribution in [0.3, 0.4) is 0 Å². The number of carbonyl (C=O) groups excluding carboxylic acids is 1. The Bertz CT molecular complexity index is 558. The molecule has 0 spiro atoms. The van der Waals surface area contributed by atoms with Crippen molar-refractivity contribution < 1.29 is 13.6 Å². The second-order valence-corrected chi connectivity index (χ2v) is 3.89. The molecule has 1 aromatic carbocycles. The van der Waals surface area contributed by atoms with Crippen molar-refractivity contribution in [2.75, 3.05) is 5.32 Å². The molecule has 8 heteroatoms. The van der Waals surface area contributed by atoms with Gasteiger partial charge in [-0.2, -0.15) is 5.10 Å². The van der Waals surface area contributed by atoms with E-state index in [0.717, 1.165) is 18.5 Å². The highest BCUT2D eigenvalue weighted by molar-refractivity contribution is 9.10. The van der Waals surface area contributed by atoms with Gasteiger partial charge in [0.2, 0.25) is 5.82 Å². The summed E-state index contributed by atoms with van der Waals surface area (Å²) in [7, 11) is 0. The predicted molar refractivity (Wildman–Crippen MR) is 58.4 cm³/mol. The number of carbonyl (C=O) groups is 1. The van der Waals surface area contributed by atoms with Gasteiger partial charge in [0.05, 0.1) is 10.2 Å². The Labute approximate surface area is 102 Å². The molecule has 1 heterocycles. The standard InChI is InChI=1S/C9H5BrF2N4O/c10-4-1-6(12)7(2-5(4)11)15-9(17)8-13-3-14-16-8/h1-3H,(H,15,17)(H,13,14,16). The molecule has 0 bridgehead atoms. The van der Waals surface area contributed by atoms with Crippen LogP contribution in [0.2, 0.25) is 0 Å². The first kappa shape index (κ1) is 11.6. The van der Waals surface area contributed by atoms with E-state index in [9.17, 15) is 13.6 Å². The minimum absolute atomic E-state index is 0.0207. The number of halogens is 3. The van der Waals surface area contributed by atoms with Gasteiger partial charge >= 0.3 is 0 Å². The number of hydrogen-bond acceptors (Lipinski definition) is 3. The number of nitrogens with one attached hydrogen (secondary N) is 2. The number of benzene rings is 1. The third kappa shape index (κ3) is 2.47. The van der Waals surface area contributed by atoms with E-state index in [-0.39, 0.29) is 16.0 Å². The van der Waals surface area contributed by atoms with E-state index in [2.05, 4.69) is 36.4 Å². The molecule has 0 saturated carbocycles. The molecular weight excluding hydrogens is 298 g/mol. The van der Waals surface area contributed by atoms with Crippen molar-refractivity contribution >= 4 is 27.5 Å². The van der Waals surface area contributed by atoms with Gasteiger partial charge in [-0.3, -0.25) is 9.89 Å². The van der Waals surface area contributed by atoms with Crippen LogP contribution >= 0.6 is 15.9 Å².